The van der Waals surface area contributed by atoms with Crippen molar-refractivity contribution in [2.75, 3.05) is 5.32 Å². The SMILES string of the molecule is Cc1conc1NC(=O)NC1CC2CCC1(C)C2(C)C. The lowest BCUT2D eigenvalue weighted by atomic mass is 9.69. The summed E-state index contributed by atoms with van der Waals surface area (Å²) in [5.74, 6) is 1.21. The average molecular weight is 277 g/mol. The molecule has 5 heteroatoms. The van der Waals surface area contributed by atoms with Gasteiger partial charge in [-0.15, -0.1) is 0 Å². The van der Waals surface area contributed by atoms with Crippen molar-refractivity contribution in [2.24, 2.45) is 16.7 Å². The summed E-state index contributed by atoms with van der Waals surface area (Å²) in [5, 5.41) is 9.68. The van der Waals surface area contributed by atoms with E-state index in [9.17, 15) is 4.79 Å². The van der Waals surface area contributed by atoms with E-state index in [1.54, 1.807) is 0 Å². The van der Waals surface area contributed by atoms with Crippen molar-refractivity contribution >= 4 is 11.8 Å². The van der Waals surface area contributed by atoms with E-state index >= 15 is 0 Å². The number of aromatic nitrogens is 1. The molecule has 5 nitrogen and oxygen atoms in total. The molecule has 2 aliphatic rings. The van der Waals surface area contributed by atoms with Crippen molar-refractivity contribution in [2.45, 2.75) is 53.0 Å². The number of amides is 2. The summed E-state index contributed by atoms with van der Waals surface area (Å²) < 4.78 is 4.83. The van der Waals surface area contributed by atoms with Crippen LogP contribution in [0.15, 0.2) is 10.8 Å². The first-order chi connectivity index (χ1) is 9.34. The molecule has 3 rings (SSSR count). The fourth-order valence-electron chi connectivity index (χ4n) is 4.13. The van der Waals surface area contributed by atoms with Crippen LogP contribution in [0, 0.1) is 23.7 Å². The molecule has 110 valence electrons. The second-order valence-electron chi connectivity index (χ2n) is 7.11. The second-order valence-corrected chi connectivity index (χ2v) is 7.11. The smallest absolute Gasteiger partial charge is 0.320 e. The molecule has 2 aliphatic carbocycles. The van der Waals surface area contributed by atoms with Crippen molar-refractivity contribution in [1.82, 2.24) is 10.5 Å². The fraction of sp³-hybridized carbons (Fsp3) is 0.733. The number of rotatable bonds is 2. The molecule has 3 atom stereocenters. The highest BCUT2D eigenvalue weighted by atomic mass is 16.5. The standard InChI is InChI=1S/C15H23N3O2/c1-9-8-20-18-12(9)17-13(19)16-11-7-10-5-6-15(11,4)14(10,2)3/h8,10-11H,5-7H2,1-4H3,(H2,16,17,18,19). The summed E-state index contributed by atoms with van der Waals surface area (Å²) in [6.45, 7) is 8.85. The molecular weight excluding hydrogens is 254 g/mol. The Labute approximate surface area is 119 Å². The van der Waals surface area contributed by atoms with E-state index < -0.39 is 0 Å². The molecule has 1 aromatic rings. The van der Waals surface area contributed by atoms with Gasteiger partial charge in [0.15, 0.2) is 5.82 Å². The van der Waals surface area contributed by atoms with Crippen LogP contribution in [0.4, 0.5) is 10.6 Å². The predicted molar refractivity (Wildman–Crippen MR) is 76.4 cm³/mol. The van der Waals surface area contributed by atoms with Gasteiger partial charge >= 0.3 is 6.03 Å². The molecule has 2 saturated carbocycles. The van der Waals surface area contributed by atoms with Gasteiger partial charge in [-0.25, -0.2) is 4.79 Å². The highest BCUT2D eigenvalue weighted by Gasteiger charge is 2.61. The summed E-state index contributed by atoms with van der Waals surface area (Å²) in [4.78, 5) is 12.1. The molecule has 0 spiro atoms. The van der Waals surface area contributed by atoms with Crippen molar-refractivity contribution < 1.29 is 9.32 Å². The maximum atomic E-state index is 12.1. The normalized spacial score (nSPS) is 34.2. The van der Waals surface area contributed by atoms with Crippen molar-refractivity contribution in [3.63, 3.8) is 0 Å². The zero-order valence-corrected chi connectivity index (χ0v) is 12.6. The number of nitrogens with zero attached hydrogens (tertiary/aromatic N) is 1. The molecule has 2 bridgehead atoms. The number of urea groups is 1. The second kappa shape index (κ2) is 4.24. The van der Waals surface area contributed by atoms with Gasteiger partial charge in [-0.05, 0) is 42.9 Å². The van der Waals surface area contributed by atoms with E-state index in [0.717, 1.165) is 12.0 Å². The summed E-state index contributed by atoms with van der Waals surface area (Å²) in [7, 11) is 0. The summed E-state index contributed by atoms with van der Waals surface area (Å²) in [6.07, 6.45) is 5.08. The van der Waals surface area contributed by atoms with E-state index in [-0.39, 0.29) is 17.5 Å². The van der Waals surface area contributed by atoms with E-state index in [2.05, 4.69) is 36.6 Å². The minimum Gasteiger partial charge on any atom is -0.362 e. The molecule has 1 heterocycles. The third-order valence-corrected chi connectivity index (χ3v) is 6.08. The molecule has 0 radical (unpaired) electrons. The summed E-state index contributed by atoms with van der Waals surface area (Å²) in [6, 6.07) is 0.0556. The van der Waals surface area contributed by atoms with E-state index in [0.29, 0.717) is 17.2 Å². The highest BCUT2D eigenvalue weighted by molar-refractivity contribution is 5.89. The number of carbonyl (C=O) groups is 1. The lowest BCUT2D eigenvalue weighted by Gasteiger charge is -2.39. The zero-order chi connectivity index (χ0) is 14.5. The van der Waals surface area contributed by atoms with Gasteiger partial charge in [-0.2, -0.15) is 0 Å². The Morgan fingerprint density at radius 1 is 1.45 bits per heavy atom. The summed E-state index contributed by atoms with van der Waals surface area (Å²) >= 11 is 0. The minimum absolute atomic E-state index is 0.184. The van der Waals surface area contributed by atoms with Gasteiger partial charge in [-0.3, -0.25) is 5.32 Å². The monoisotopic (exact) mass is 277 g/mol. The number of hydrogen-bond acceptors (Lipinski definition) is 3. The van der Waals surface area contributed by atoms with Crippen LogP contribution in [-0.4, -0.2) is 17.2 Å². The molecule has 0 saturated heterocycles. The quantitative estimate of drug-likeness (QED) is 0.871. The molecule has 3 unspecified atom stereocenters. The first kappa shape index (κ1) is 13.5. The Kier molecular flexibility index (Phi) is 2.85. The van der Waals surface area contributed by atoms with Crippen LogP contribution in [0.1, 0.15) is 45.6 Å². The Hall–Kier alpha value is -1.52. The molecule has 2 N–H and O–H groups in total. The number of nitrogens with one attached hydrogen (secondary N) is 2. The molecule has 0 aliphatic heterocycles. The Morgan fingerprint density at radius 2 is 2.20 bits per heavy atom. The van der Waals surface area contributed by atoms with Crippen LogP contribution >= 0.6 is 0 Å². The van der Waals surface area contributed by atoms with E-state index in [1.165, 1.54) is 19.1 Å². The van der Waals surface area contributed by atoms with Gasteiger partial charge in [0.25, 0.3) is 0 Å². The molecule has 2 fully saturated rings. The van der Waals surface area contributed by atoms with Crippen LogP contribution in [-0.2, 0) is 0 Å². The van der Waals surface area contributed by atoms with Crippen molar-refractivity contribution in [1.29, 1.82) is 0 Å². The van der Waals surface area contributed by atoms with Crippen LogP contribution in [0.5, 0.6) is 0 Å². The highest BCUT2D eigenvalue weighted by Crippen LogP contribution is 2.65. The zero-order valence-electron chi connectivity index (χ0n) is 12.6. The lowest BCUT2D eigenvalue weighted by Crippen LogP contribution is -2.48. The number of aryl methyl sites for hydroxylation is 1. The van der Waals surface area contributed by atoms with Crippen molar-refractivity contribution in [3.8, 4) is 0 Å². The number of hydrogen-bond donors (Lipinski definition) is 2. The van der Waals surface area contributed by atoms with Crippen LogP contribution in [0.2, 0.25) is 0 Å². The van der Waals surface area contributed by atoms with Gasteiger partial charge in [-0.1, -0.05) is 25.9 Å². The third-order valence-electron chi connectivity index (χ3n) is 6.08. The number of anilines is 1. The van der Waals surface area contributed by atoms with Gasteiger partial charge in [0.2, 0.25) is 0 Å². The maximum absolute atomic E-state index is 12.1. The van der Waals surface area contributed by atoms with Gasteiger partial charge in [0, 0.05) is 11.6 Å². The maximum Gasteiger partial charge on any atom is 0.320 e. The van der Waals surface area contributed by atoms with Crippen LogP contribution in [0.3, 0.4) is 0 Å². The fourth-order valence-corrected chi connectivity index (χ4v) is 4.13. The molecule has 2 amide bonds. The topological polar surface area (TPSA) is 67.2 Å². The van der Waals surface area contributed by atoms with Crippen molar-refractivity contribution in [3.05, 3.63) is 11.8 Å². The average Bonchev–Trinajstić information content (AvgIpc) is 2.91. The first-order valence-corrected chi connectivity index (χ1v) is 7.33. The first-order valence-electron chi connectivity index (χ1n) is 7.33. The number of carbonyl (C=O) groups excluding carboxylic acids is 1. The van der Waals surface area contributed by atoms with Gasteiger partial charge < -0.3 is 9.84 Å². The Balaban J connectivity index is 1.68. The molecule has 20 heavy (non-hydrogen) atoms. The largest absolute Gasteiger partial charge is 0.362 e. The molecule has 1 aromatic heterocycles. The Morgan fingerprint density at radius 3 is 2.70 bits per heavy atom. The van der Waals surface area contributed by atoms with E-state index in [4.69, 9.17) is 4.52 Å². The van der Waals surface area contributed by atoms with Crippen LogP contribution in [0.25, 0.3) is 0 Å². The summed E-state index contributed by atoms with van der Waals surface area (Å²) in [5.41, 5.74) is 1.32. The lowest BCUT2D eigenvalue weighted by molar-refractivity contribution is 0.125. The Bertz CT molecular complexity index is 537. The molecule has 0 aromatic carbocycles. The van der Waals surface area contributed by atoms with E-state index in [1.807, 2.05) is 6.92 Å². The predicted octanol–water partition coefficient (Wildman–Crippen LogP) is 3.32. The van der Waals surface area contributed by atoms with Gasteiger partial charge in [0.05, 0.1) is 0 Å². The van der Waals surface area contributed by atoms with Gasteiger partial charge in [0.1, 0.15) is 6.26 Å². The number of fused-ring (bicyclic) bond motifs is 2. The molecular formula is C15H23N3O2. The van der Waals surface area contributed by atoms with Crippen LogP contribution < -0.4 is 10.6 Å². The minimum atomic E-state index is -0.184. The third kappa shape index (κ3) is 1.75.